The lowest BCUT2D eigenvalue weighted by Crippen LogP contribution is -2.52. The maximum atomic E-state index is 14.7. The number of hydrogen-bond donors (Lipinski definition) is 2. The van der Waals surface area contributed by atoms with Crippen molar-refractivity contribution in [3.63, 3.8) is 0 Å². The van der Waals surface area contributed by atoms with Gasteiger partial charge in [-0.25, -0.2) is 0 Å². The molecule has 0 aliphatic carbocycles. The van der Waals surface area contributed by atoms with Crippen LogP contribution in [0.3, 0.4) is 0 Å². The van der Waals surface area contributed by atoms with Gasteiger partial charge in [-0.05, 0) is 58.0 Å². The number of nitrogens with one attached hydrogen (secondary N) is 1. The first-order valence-corrected chi connectivity index (χ1v) is 25.4. The number of aliphatic carboxylic acids is 1. The maximum Gasteiger partial charge on any atom is 0.307 e. The van der Waals surface area contributed by atoms with Crippen molar-refractivity contribution >= 4 is 29.8 Å². The minimum atomic E-state index is -0.987. The molecule has 0 heterocycles. The van der Waals surface area contributed by atoms with Crippen molar-refractivity contribution in [1.82, 2.24) is 10.2 Å². The zero-order valence-corrected chi connectivity index (χ0v) is 41.3. The molecule has 0 spiro atoms. The number of carbonyl (C=O) groups excluding carboxylic acids is 4. The van der Waals surface area contributed by atoms with Crippen LogP contribution in [0.1, 0.15) is 228 Å². The van der Waals surface area contributed by atoms with Crippen molar-refractivity contribution in [3.05, 3.63) is 0 Å². The number of hydrogen-bond acceptors (Lipinski definition) is 9. The Labute approximate surface area is 379 Å². The molecule has 0 aromatic heterocycles. The summed E-state index contributed by atoms with van der Waals surface area (Å²) in [4.78, 5) is 67.6. The lowest BCUT2D eigenvalue weighted by atomic mass is 9.70. The van der Waals surface area contributed by atoms with Gasteiger partial charge in [0.05, 0.1) is 32.0 Å². The van der Waals surface area contributed by atoms with E-state index >= 15 is 0 Å². The summed E-state index contributed by atoms with van der Waals surface area (Å²) in [5, 5.41) is 12.3. The van der Waals surface area contributed by atoms with Crippen LogP contribution in [0.2, 0.25) is 0 Å². The minimum absolute atomic E-state index is 0.00975. The number of nitrogens with zero attached hydrogens (tertiary/aromatic N) is 1. The highest BCUT2D eigenvalue weighted by molar-refractivity contribution is 5.81. The molecule has 1 amide bonds. The Hall–Kier alpha value is -2.69. The van der Waals surface area contributed by atoms with Crippen molar-refractivity contribution in [1.29, 1.82) is 0 Å². The van der Waals surface area contributed by atoms with Gasteiger partial charge < -0.3 is 29.5 Å². The summed E-state index contributed by atoms with van der Waals surface area (Å²) in [7, 11) is 3.77. The Kier molecular flexibility index (Phi) is 37.1. The second-order valence-corrected chi connectivity index (χ2v) is 19.0. The number of carboxylic acids is 1. The summed E-state index contributed by atoms with van der Waals surface area (Å²) in [6, 6.07) is 0. The molecular weight excluding hydrogens is 785 g/mol. The van der Waals surface area contributed by atoms with E-state index in [1.807, 2.05) is 32.8 Å². The zero-order valence-electron chi connectivity index (χ0n) is 41.3. The van der Waals surface area contributed by atoms with Crippen molar-refractivity contribution < 1.29 is 43.3 Å². The third-order valence-corrected chi connectivity index (χ3v) is 12.2. The second-order valence-electron chi connectivity index (χ2n) is 19.0. The average molecular weight is 881 g/mol. The van der Waals surface area contributed by atoms with E-state index in [2.05, 4.69) is 33.0 Å². The molecule has 3 unspecified atom stereocenters. The standard InChI is InChI=1S/C51H96N2O9/c1-9-13-17-21-23-26-31-42(30-25-19-15-11-3)40-60-45(56)36-38-52-50(59)48(51(5,6)41-61-46(57)37-39-53(7)8)49(62-47(58)35-29-34-44(54)55)43(32-27-20-16-12-4)33-28-24-22-18-14-10-2/h42-43,48-49H,9-41H2,1-8H3,(H,52,59)(H,54,55)/t42?,43?,48-,49?/m1/s1. The van der Waals surface area contributed by atoms with E-state index in [0.717, 1.165) is 96.3 Å². The first kappa shape index (κ1) is 59.3. The van der Waals surface area contributed by atoms with Gasteiger partial charge in [0.25, 0.3) is 0 Å². The van der Waals surface area contributed by atoms with Crippen LogP contribution in [-0.4, -0.2) is 86.3 Å². The Bertz CT molecular complexity index is 1160. The molecule has 0 rings (SSSR count). The molecule has 11 heteroatoms. The Morgan fingerprint density at radius 3 is 1.53 bits per heavy atom. The van der Waals surface area contributed by atoms with Crippen LogP contribution in [0.25, 0.3) is 0 Å². The third kappa shape index (κ3) is 32.0. The zero-order chi connectivity index (χ0) is 46.4. The smallest absolute Gasteiger partial charge is 0.307 e. The molecule has 0 aromatic rings. The van der Waals surface area contributed by atoms with Crippen LogP contribution in [0.5, 0.6) is 0 Å². The molecular formula is C51H96N2O9. The molecule has 0 radical (unpaired) electrons. The average Bonchev–Trinajstić information content (AvgIpc) is 3.22. The lowest BCUT2D eigenvalue weighted by Gasteiger charge is -2.41. The number of carbonyl (C=O) groups is 5. The molecule has 0 fully saturated rings. The molecule has 11 nitrogen and oxygen atoms in total. The van der Waals surface area contributed by atoms with E-state index in [4.69, 9.17) is 14.2 Å². The fraction of sp³-hybridized carbons (Fsp3) is 0.902. The van der Waals surface area contributed by atoms with Gasteiger partial charge in [0, 0.05) is 31.3 Å². The van der Waals surface area contributed by atoms with Crippen LogP contribution in [0.4, 0.5) is 0 Å². The third-order valence-electron chi connectivity index (χ3n) is 12.2. The fourth-order valence-electron chi connectivity index (χ4n) is 8.28. The topological polar surface area (TPSA) is 149 Å². The lowest BCUT2D eigenvalue weighted by molar-refractivity contribution is -0.169. The summed E-state index contributed by atoms with van der Waals surface area (Å²) >= 11 is 0. The normalized spacial score (nSPS) is 13.6. The van der Waals surface area contributed by atoms with Crippen LogP contribution in [-0.2, 0) is 38.2 Å². The Morgan fingerprint density at radius 2 is 1.03 bits per heavy atom. The SMILES string of the molecule is CCCCCCCCC(CCCCCC)COC(=O)CCNC(=O)[C@@H](C(OC(=O)CCCC(=O)O)C(CCCCCC)CCCCCCCC)C(C)(C)COC(=O)CCN(C)C. The summed E-state index contributed by atoms with van der Waals surface area (Å²) < 4.78 is 18.0. The molecule has 0 saturated carbocycles. The van der Waals surface area contributed by atoms with E-state index in [9.17, 15) is 29.1 Å². The van der Waals surface area contributed by atoms with E-state index < -0.39 is 29.4 Å². The summed E-state index contributed by atoms with van der Waals surface area (Å²) in [6.45, 7) is 13.4. The molecule has 2 N–H and O–H groups in total. The number of unbranched alkanes of at least 4 members (excludes halogenated alkanes) is 16. The van der Waals surface area contributed by atoms with Gasteiger partial charge in [0.15, 0.2) is 0 Å². The van der Waals surface area contributed by atoms with E-state index in [1.165, 1.54) is 57.8 Å². The number of carboxylic acid groups (broad SMARTS) is 1. The van der Waals surface area contributed by atoms with E-state index in [1.54, 1.807) is 0 Å². The summed E-state index contributed by atoms with van der Waals surface area (Å²) in [5.41, 5.74) is -0.964. The summed E-state index contributed by atoms with van der Waals surface area (Å²) in [6.07, 6.45) is 25.6. The molecule has 62 heavy (non-hydrogen) atoms. The number of ether oxygens (including phenoxy) is 3. The molecule has 4 atom stereocenters. The Balaban J connectivity index is 6.41. The van der Waals surface area contributed by atoms with Gasteiger partial charge >= 0.3 is 23.9 Å². The molecule has 0 saturated heterocycles. The van der Waals surface area contributed by atoms with Crippen LogP contribution >= 0.6 is 0 Å². The van der Waals surface area contributed by atoms with Gasteiger partial charge in [0.1, 0.15) is 6.10 Å². The monoisotopic (exact) mass is 881 g/mol. The van der Waals surface area contributed by atoms with E-state index in [-0.39, 0.29) is 69.0 Å². The highest BCUT2D eigenvalue weighted by atomic mass is 16.5. The minimum Gasteiger partial charge on any atom is -0.481 e. The van der Waals surface area contributed by atoms with Crippen molar-refractivity contribution in [3.8, 4) is 0 Å². The van der Waals surface area contributed by atoms with Gasteiger partial charge in [0.2, 0.25) is 5.91 Å². The van der Waals surface area contributed by atoms with Crippen LogP contribution < -0.4 is 5.32 Å². The molecule has 0 bridgehead atoms. The predicted molar refractivity (Wildman–Crippen MR) is 252 cm³/mol. The number of rotatable bonds is 43. The molecule has 0 aromatic carbocycles. The molecule has 0 aliphatic rings. The van der Waals surface area contributed by atoms with Gasteiger partial charge in [-0.3, -0.25) is 24.0 Å². The molecule has 364 valence electrons. The first-order valence-electron chi connectivity index (χ1n) is 25.4. The largest absolute Gasteiger partial charge is 0.481 e. The maximum absolute atomic E-state index is 14.7. The fourth-order valence-corrected chi connectivity index (χ4v) is 8.28. The van der Waals surface area contributed by atoms with Crippen LogP contribution in [0.15, 0.2) is 0 Å². The number of amides is 1. The van der Waals surface area contributed by atoms with Gasteiger partial charge in [-0.15, -0.1) is 0 Å². The predicted octanol–water partition coefficient (Wildman–Crippen LogP) is 12.0. The van der Waals surface area contributed by atoms with Crippen molar-refractivity contribution in [2.75, 3.05) is 40.4 Å². The van der Waals surface area contributed by atoms with Crippen molar-refractivity contribution in [2.45, 2.75) is 234 Å². The summed E-state index contributed by atoms with van der Waals surface area (Å²) in [5.74, 6) is -3.35. The quantitative estimate of drug-likeness (QED) is 0.0344. The molecule has 0 aliphatic heterocycles. The van der Waals surface area contributed by atoms with E-state index in [0.29, 0.717) is 19.1 Å². The highest BCUT2D eigenvalue weighted by Crippen LogP contribution is 2.39. The number of esters is 3. The van der Waals surface area contributed by atoms with Gasteiger partial charge in [-0.1, -0.05) is 170 Å². The highest BCUT2D eigenvalue weighted by Gasteiger charge is 2.46. The van der Waals surface area contributed by atoms with Crippen molar-refractivity contribution in [2.24, 2.45) is 23.2 Å². The first-order chi connectivity index (χ1) is 29.7. The Morgan fingerprint density at radius 1 is 0.565 bits per heavy atom. The second kappa shape index (κ2) is 38.7. The van der Waals surface area contributed by atoms with Gasteiger partial charge in [-0.2, -0.15) is 0 Å². The van der Waals surface area contributed by atoms with Crippen LogP contribution in [0, 0.1) is 23.2 Å².